The molecule has 82 valence electrons. The molecule has 2 nitrogen and oxygen atoms in total. The van der Waals surface area contributed by atoms with Crippen molar-refractivity contribution in [1.82, 2.24) is 5.32 Å². The summed E-state index contributed by atoms with van der Waals surface area (Å²) in [7, 11) is 1.83. The Hall–Kier alpha value is -0.630. The highest BCUT2D eigenvalue weighted by Gasteiger charge is 2.21. The van der Waals surface area contributed by atoms with Crippen LogP contribution in [0.15, 0.2) is 12.2 Å². The topological polar surface area (TPSA) is 29.1 Å². The molecule has 0 aromatic carbocycles. The van der Waals surface area contributed by atoms with E-state index in [1.165, 1.54) is 0 Å². The first kappa shape index (κ1) is 13.4. The SMILES string of the molecule is C=C(CCCC)C(=O)C(NC)C(C)C. The van der Waals surface area contributed by atoms with Gasteiger partial charge in [-0.3, -0.25) is 4.79 Å². The average Bonchev–Trinajstić information content (AvgIpc) is 2.14. The predicted molar refractivity (Wildman–Crippen MR) is 61.4 cm³/mol. The molecular weight excluding hydrogens is 174 g/mol. The highest BCUT2D eigenvalue weighted by Crippen LogP contribution is 2.12. The highest BCUT2D eigenvalue weighted by atomic mass is 16.1. The number of carbonyl (C=O) groups is 1. The van der Waals surface area contributed by atoms with E-state index in [1.54, 1.807) is 0 Å². The van der Waals surface area contributed by atoms with E-state index >= 15 is 0 Å². The van der Waals surface area contributed by atoms with Gasteiger partial charge in [-0.05, 0) is 31.4 Å². The monoisotopic (exact) mass is 197 g/mol. The van der Waals surface area contributed by atoms with E-state index in [9.17, 15) is 4.79 Å². The van der Waals surface area contributed by atoms with Gasteiger partial charge in [-0.1, -0.05) is 33.8 Å². The van der Waals surface area contributed by atoms with Crippen LogP contribution in [0.3, 0.4) is 0 Å². The van der Waals surface area contributed by atoms with Crippen LogP contribution in [0.1, 0.15) is 40.0 Å². The molecule has 0 radical (unpaired) electrons. The molecule has 0 aliphatic rings. The molecule has 0 aliphatic heterocycles. The van der Waals surface area contributed by atoms with Crippen molar-refractivity contribution in [3.05, 3.63) is 12.2 Å². The van der Waals surface area contributed by atoms with Gasteiger partial charge in [0.2, 0.25) is 0 Å². The lowest BCUT2D eigenvalue weighted by atomic mass is 9.93. The zero-order chi connectivity index (χ0) is 11.1. The first-order valence-corrected chi connectivity index (χ1v) is 5.43. The van der Waals surface area contributed by atoms with Gasteiger partial charge >= 0.3 is 0 Å². The number of Topliss-reactive ketones (excluding diaryl/α,β-unsaturated/α-hetero) is 1. The van der Waals surface area contributed by atoms with Crippen LogP contribution in [0.5, 0.6) is 0 Å². The van der Waals surface area contributed by atoms with Crippen molar-refractivity contribution < 1.29 is 4.79 Å². The molecule has 0 rings (SSSR count). The Morgan fingerprint density at radius 1 is 1.43 bits per heavy atom. The standard InChI is InChI=1S/C12H23NO/c1-6-7-8-10(4)12(14)11(13-5)9(2)3/h9,11,13H,4,6-8H2,1-3,5H3. The van der Waals surface area contributed by atoms with Crippen molar-refractivity contribution in [2.45, 2.75) is 46.1 Å². The lowest BCUT2D eigenvalue weighted by Crippen LogP contribution is -2.39. The summed E-state index contributed by atoms with van der Waals surface area (Å²) in [6, 6.07) is -0.0700. The quantitative estimate of drug-likeness (QED) is 0.635. The zero-order valence-electron chi connectivity index (χ0n) is 9.89. The van der Waals surface area contributed by atoms with Crippen LogP contribution in [-0.2, 0) is 4.79 Å². The third kappa shape index (κ3) is 4.05. The average molecular weight is 197 g/mol. The Morgan fingerprint density at radius 2 is 2.00 bits per heavy atom. The highest BCUT2D eigenvalue weighted by molar-refractivity contribution is 5.99. The van der Waals surface area contributed by atoms with Gasteiger partial charge in [0, 0.05) is 0 Å². The van der Waals surface area contributed by atoms with Gasteiger partial charge in [0.25, 0.3) is 0 Å². The predicted octanol–water partition coefficient (Wildman–Crippen LogP) is 2.55. The second-order valence-corrected chi connectivity index (χ2v) is 4.08. The lowest BCUT2D eigenvalue weighted by molar-refractivity contribution is -0.118. The summed E-state index contributed by atoms with van der Waals surface area (Å²) in [4.78, 5) is 11.9. The van der Waals surface area contributed by atoms with Gasteiger partial charge in [-0.2, -0.15) is 0 Å². The maximum Gasteiger partial charge on any atom is 0.175 e. The van der Waals surface area contributed by atoms with Crippen LogP contribution in [0.4, 0.5) is 0 Å². The van der Waals surface area contributed by atoms with E-state index < -0.39 is 0 Å². The molecular formula is C12H23NO. The largest absolute Gasteiger partial charge is 0.310 e. The molecule has 0 fully saturated rings. The van der Waals surface area contributed by atoms with Gasteiger partial charge in [-0.25, -0.2) is 0 Å². The van der Waals surface area contributed by atoms with Gasteiger partial charge in [0.1, 0.15) is 0 Å². The number of carbonyl (C=O) groups excluding carboxylic acids is 1. The van der Waals surface area contributed by atoms with Gasteiger partial charge in [-0.15, -0.1) is 0 Å². The minimum Gasteiger partial charge on any atom is -0.310 e. The molecule has 1 N–H and O–H groups in total. The van der Waals surface area contributed by atoms with Crippen molar-refractivity contribution in [3.63, 3.8) is 0 Å². The fourth-order valence-corrected chi connectivity index (χ4v) is 1.50. The Labute approximate surface area is 87.8 Å². The van der Waals surface area contributed by atoms with Gasteiger partial charge < -0.3 is 5.32 Å². The second kappa shape index (κ2) is 6.77. The van der Waals surface area contributed by atoms with E-state index in [2.05, 4.69) is 18.8 Å². The van der Waals surface area contributed by atoms with Crippen LogP contribution in [0.2, 0.25) is 0 Å². The molecule has 0 aliphatic carbocycles. The third-order valence-corrected chi connectivity index (χ3v) is 2.44. The van der Waals surface area contributed by atoms with Gasteiger partial charge in [0.15, 0.2) is 5.78 Å². The number of rotatable bonds is 7. The summed E-state index contributed by atoms with van der Waals surface area (Å²) >= 11 is 0. The minimum absolute atomic E-state index is 0.0700. The van der Waals surface area contributed by atoms with Crippen LogP contribution in [0, 0.1) is 5.92 Å². The molecule has 0 spiro atoms. The Bertz CT molecular complexity index is 196. The van der Waals surface area contributed by atoms with Crippen molar-refractivity contribution in [2.75, 3.05) is 7.05 Å². The van der Waals surface area contributed by atoms with Crippen molar-refractivity contribution in [2.24, 2.45) is 5.92 Å². The second-order valence-electron chi connectivity index (χ2n) is 4.08. The lowest BCUT2D eigenvalue weighted by Gasteiger charge is -2.19. The summed E-state index contributed by atoms with van der Waals surface area (Å²) < 4.78 is 0. The number of hydrogen-bond acceptors (Lipinski definition) is 2. The molecule has 2 heteroatoms. The van der Waals surface area contributed by atoms with Crippen molar-refractivity contribution in [3.8, 4) is 0 Å². The van der Waals surface area contributed by atoms with E-state index in [4.69, 9.17) is 0 Å². The zero-order valence-corrected chi connectivity index (χ0v) is 9.89. The minimum atomic E-state index is -0.0700. The van der Waals surface area contributed by atoms with Crippen LogP contribution in [0.25, 0.3) is 0 Å². The normalized spacial score (nSPS) is 12.9. The molecule has 0 saturated heterocycles. The first-order valence-electron chi connectivity index (χ1n) is 5.43. The first-order chi connectivity index (χ1) is 6.54. The number of unbranched alkanes of at least 4 members (excludes halogenated alkanes) is 1. The molecule has 0 heterocycles. The van der Waals surface area contributed by atoms with Crippen molar-refractivity contribution in [1.29, 1.82) is 0 Å². The molecule has 0 bridgehead atoms. The van der Waals surface area contributed by atoms with Gasteiger partial charge in [0.05, 0.1) is 6.04 Å². The summed E-state index contributed by atoms with van der Waals surface area (Å²) in [6.45, 7) is 10.1. The van der Waals surface area contributed by atoms with Crippen LogP contribution >= 0.6 is 0 Å². The molecule has 0 amide bonds. The summed E-state index contributed by atoms with van der Waals surface area (Å²) in [5, 5.41) is 3.05. The number of nitrogens with one attached hydrogen (secondary N) is 1. The van der Waals surface area contributed by atoms with E-state index in [-0.39, 0.29) is 11.8 Å². The smallest absolute Gasteiger partial charge is 0.175 e. The molecule has 0 aromatic heterocycles. The Kier molecular flexibility index (Phi) is 6.46. The molecule has 1 atom stereocenters. The molecule has 14 heavy (non-hydrogen) atoms. The Balaban J connectivity index is 4.21. The Morgan fingerprint density at radius 3 is 2.36 bits per heavy atom. The number of hydrogen-bond donors (Lipinski definition) is 1. The number of ketones is 1. The fourth-order valence-electron chi connectivity index (χ4n) is 1.50. The molecule has 1 unspecified atom stereocenters. The number of likely N-dealkylation sites (N-methyl/N-ethyl adjacent to an activating group) is 1. The van der Waals surface area contributed by atoms with E-state index in [1.807, 2.05) is 20.9 Å². The van der Waals surface area contributed by atoms with Crippen molar-refractivity contribution >= 4 is 5.78 Å². The fraction of sp³-hybridized carbons (Fsp3) is 0.750. The molecule has 0 saturated carbocycles. The summed E-state index contributed by atoms with van der Waals surface area (Å²) in [5.74, 6) is 0.502. The van der Waals surface area contributed by atoms with Crippen LogP contribution < -0.4 is 5.32 Å². The van der Waals surface area contributed by atoms with E-state index in [0.29, 0.717) is 5.92 Å². The van der Waals surface area contributed by atoms with Crippen LogP contribution in [-0.4, -0.2) is 18.9 Å². The third-order valence-electron chi connectivity index (χ3n) is 2.44. The summed E-state index contributed by atoms with van der Waals surface area (Å²) in [5.41, 5.74) is 0.764. The summed E-state index contributed by atoms with van der Waals surface area (Å²) in [6.07, 6.45) is 3.00. The molecule has 0 aromatic rings. The van der Waals surface area contributed by atoms with E-state index in [0.717, 1.165) is 24.8 Å². The maximum atomic E-state index is 11.9. The maximum absolute atomic E-state index is 11.9.